The van der Waals surface area contributed by atoms with Gasteiger partial charge in [-0.3, -0.25) is 0 Å². The Morgan fingerprint density at radius 2 is 1.77 bits per heavy atom. The van der Waals surface area contributed by atoms with Crippen LogP contribution in [0.2, 0.25) is 0 Å². The van der Waals surface area contributed by atoms with Gasteiger partial charge in [-0.2, -0.15) is 0 Å². The van der Waals surface area contributed by atoms with Crippen LogP contribution in [0.25, 0.3) is 0 Å². The summed E-state index contributed by atoms with van der Waals surface area (Å²) in [6.45, 7) is 15.0. The van der Waals surface area contributed by atoms with E-state index in [1.54, 1.807) is 0 Å². The summed E-state index contributed by atoms with van der Waals surface area (Å²) in [5.74, 6) is 0.730. The second-order valence-corrected chi connectivity index (χ2v) is 4.23. The maximum Gasteiger partial charge on any atom is -0.0215 e. The molecule has 1 aliphatic carbocycles. The summed E-state index contributed by atoms with van der Waals surface area (Å²) in [5.41, 5.74) is 5.41. The predicted octanol–water partition coefficient (Wildman–Crippen LogP) is 4.26. The molecule has 0 heterocycles. The fourth-order valence-corrected chi connectivity index (χ4v) is 2.15. The SMILES string of the molecule is C=C1CC(C)CC(=C)C1=C(C)CC. The first kappa shape index (κ1) is 10.3. The van der Waals surface area contributed by atoms with Gasteiger partial charge in [0.15, 0.2) is 0 Å². The molecule has 0 aromatic carbocycles. The molecule has 0 nitrogen and oxygen atoms in total. The van der Waals surface area contributed by atoms with Crippen molar-refractivity contribution >= 4 is 0 Å². The lowest BCUT2D eigenvalue weighted by Gasteiger charge is -2.27. The van der Waals surface area contributed by atoms with Crippen molar-refractivity contribution in [1.82, 2.24) is 0 Å². The van der Waals surface area contributed by atoms with Crippen LogP contribution in [0.5, 0.6) is 0 Å². The van der Waals surface area contributed by atoms with Gasteiger partial charge >= 0.3 is 0 Å². The van der Waals surface area contributed by atoms with E-state index in [2.05, 4.69) is 33.9 Å². The molecule has 0 aromatic heterocycles. The standard InChI is InChI=1S/C13H20/c1-6-10(3)13-11(4)7-9(2)8-12(13)5/h9H,4-8H2,1-3H3. The van der Waals surface area contributed by atoms with Gasteiger partial charge in [0, 0.05) is 0 Å². The molecule has 0 unspecified atom stereocenters. The van der Waals surface area contributed by atoms with E-state index in [-0.39, 0.29) is 0 Å². The minimum absolute atomic E-state index is 0.730. The van der Waals surface area contributed by atoms with Gasteiger partial charge < -0.3 is 0 Å². The fraction of sp³-hybridized carbons (Fsp3) is 0.538. The van der Waals surface area contributed by atoms with E-state index in [1.807, 2.05) is 0 Å². The first-order valence-corrected chi connectivity index (χ1v) is 5.12. The zero-order valence-corrected chi connectivity index (χ0v) is 9.11. The van der Waals surface area contributed by atoms with E-state index >= 15 is 0 Å². The average molecular weight is 176 g/mol. The van der Waals surface area contributed by atoms with Crippen molar-refractivity contribution < 1.29 is 0 Å². The molecule has 0 amide bonds. The highest BCUT2D eigenvalue weighted by atomic mass is 14.2. The Bertz CT molecular complexity index is 246. The Morgan fingerprint density at radius 1 is 1.31 bits per heavy atom. The Hall–Kier alpha value is -0.780. The minimum atomic E-state index is 0.730. The summed E-state index contributed by atoms with van der Waals surface area (Å²) in [4.78, 5) is 0. The molecule has 0 aliphatic heterocycles. The summed E-state index contributed by atoms with van der Waals surface area (Å²) in [7, 11) is 0. The van der Waals surface area contributed by atoms with Gasteiger partial charge in [0.25, 0.3) is 0 Å². The highest BCUT2D eigenvalue weighted by molar-refractivity contribution is 5.49. The van der Waals surface area contributed by atoms with E-state index in [9.17, 15) is 0 Å². The summed E-state index contributed by atoms with van der Waals surface area (Å²) >= 11 is 0. The maximum absolute atomic E-state index is 4.15. The van der Waals surface area contributed by atoms with Gasteiger partial charge in [0.1, 0.15) is 0 Å². The van der Waals surface area contributed by atoms with Gasteiger partial charge in [-0.1, -0.05) is 32.6 Å². The Morgan fingerprint density at radius 3 is 2.15 bits per heavy atom. The third kappa shape index (κ3) is 2.12. The number of hydrogen-bond donors (Lipinski definition) is 0. The van der Waals surface area contributed by atoms with Crippen molar-refractivity contribution in [3.05, 3.63) is 35.5 Å². The van der Waals surface area contributed by atoms with Crippen LogP contribution in [-0.4, -0.2) is 0 Å². The van der Waals surface area contributed by atoms with Crippen LogP contribution in [0.1, 0.15) is 40.0 Å². The van der Waals surface area contributed by atoms with Crippen molar-refractivity contribution in [2.75, 3.05) is 0 Å². The third-order valence-corrected chi connectivity index (χ3v) is 2.85. The lowest BCUT2D eigenvalue weighted by atomic mass is 9.78. The van der Waals surface area contributed by atoms with Gasteiger partial charge in [0.2, 0.25) is 0 Å². The van der Waals surface area contributed by atoms with Crippen LogP contribution in [0.3, 0.4) is 0 Å². The molecular weight excluding hydrogens is 156 g/mol. The molecule has 1 fully saturated rings. The third-order valence-electron chi connectivity index (χ3n) is 2.85. The molecule has 0 spiro atoms. The molecule has 0 bridgehead atoms. The number of rotatable bonds is 1. The normalized spacial score (nSPS) is 23.6. The van der Waals surface area contributed by atoms with Crippen molar-refractivity contribution in [2.45, 2.75) is 40.0 Å². The van der Waals surface area contributed by atoms with Crippen molar-refractivity contribution in [1.29, 1.82) is 0 Å². The van der Waals surface area contributed by atoms with Crippen molar-refractivity contribution in [2.24, 2.45) is 5.92 Å². The van der Waals surface area contributed by atoms with Crippen LogP contribution in [-0.2, 0) is 0 Å². The lowest BCUT2D eigenvalue weighted by molar-refractivity contribution is 0.553. The van der Waals surface area contributed by atoms with Crippen molar-refractivity contribution in [3.8, 4) is 0 Å². The molecule has 0 saturated heterocycles. The highest BCUT2D eigenvalue weighted by Crippen LogP contribution is 2.37. The van der Waals surface area contributed by atoms with Gasteiger partial charge in [0.05, 0.1) is 0 Å². The van der Waals surface area contributed by atoms with E-state index in [4.69, 9.17) is 0 Å². The first-order valence-electron chi connectivity index (χ1n) is 5.12. The molecule has 1 rings (SSSR count). The molecule has 72 valence electrons. The van der Waals surface area contributed by atoms with Crippen molar-refractivity contribution in [3.63, 3.8) is 0 Å². The van der Waals surface area contributed by atoms with Crippen LogP contribution < -0.4 is 0 Å². The Labute approximate surface area is 82.0 Å². The first-order chi connectivity index (χ1) is 6.06. The molecule has 0 heteroatoms. The largest absolute Gasteiger partial charge is 0.0952 e. The zero-order valence-electron chi connectivity index (χ0n) is 9.11. The molecular formula is C13H20. The summed E-state index contributed by atoms with van der Waals surface area (Å²) < 4.78 is 0. The van der Waals surface area contributed by atoms with Crippen LogP contribution in [0.15, 0.2) is 35.5 Å². The quantitative estimate of drug-likeness (QED) is 0.560. The van der Waals surface area contributed by atoms with Gasteiger partial charge in [-0.05, 0) is 48.8 Å². The Balaban J connectivity index is 2.98. The molecule has 1 aliphatic rings. The van der Waals surface area contributed by atoms with E-state index < -0.39 is 0 Å². The predicted molar refractivity (Wildman–Crippen MR) is 59.7 cm³/mol. The monoisotopic (exact) mass is 176 g/mol. The topological polar surface area (TPSA) is 0 Å². The number of allylic oxidation sites excluding steroid dienone is 4. The Kier molecular flexibility index (Phi) is 3.13. The zero-order chi connectivity index (χ0) is 10.0. The second-order valence-electron chi connectivity index (χ2n) is 4.23. The van der Waals surface area contributed by atoms with E-state index in [1.165, 1.54) is 22.3 Å². The number of hydrogen-bond acceptors (Lipinski definition) is 0. The summed E-state index contributed by atoms with van der Waals surface area (Å²) in [6.07, 6.45) is 3.40. The second kappa shape index (κ2) is 3.95. The summed E-state index contributed by atoms with van der Waals surface area (Å²) in [5, 5.41) is 0. The molecule has 0 atom stereocenters. The van der Waals surface area contributed by atoms with Gasteiger partial charge in [-0.25, -0.2) is 0 Å². The molecule has 13 heavy (non-hydrogen) atoms. The summed E-state index contributed by atoms with van der Waals surface area (Å²) in [6, 6.07) is 0. The average Bonchev–Trinajstić information content (AvgIpc) is 2.02. The fourth-order valence-electron chi connectivity index (χ4n) is 2.15. The molecule has 1 saturated carbocycles. The van der Waals surface area contributed by atoms with Gasteiger partial charge in [-0.15, -0.1) is 0 Å². The van der Waals surface area contributed by atoms with E-state index in [0.29, 0.717) is 0 Å². The molecule has 0 aromatic rings. The van der Waals surface area contributed by atoms with Crippen LogP contribution in [0.4, 0.5) is 0 Å². The highest BCUT2D eigenvalue weighted by Gasteiger charge is 2.20. The maximum atomic E-state index is 4.15. The minimum Gasteiger partial charge on any atom is -0.0952 e. The molecule has 0 N–H and O–H groups in total. The van der Waals surface area contributed by atoms with E-state index in [0.717, 1.165) is 25.2 Å². The van der Waals surface area contributed by atoms with Crippen LogP contribution in [0, 0.1) is 5.92 Å². The smallest absolute Gasteiger partial charge is 0.0215 e. The molecule has 0 radical (unpaired) electrons. The van der Waals surface area contributed by atoms with Crippen LogP contribution >= 0.6 is 0 Å². The lowest BCUT2D eigenvalue weighted by Crippen LogP contribution is -2.10.